The first-order valence-corrected chi connectivity index (χ1v) is 9.51. The minimum absolute atomic E-state index is 0.0149. The Labute approximate surface area is 177 Å². The maximum atomic E-state index is 14.3. The highest BCUT2D eigenvalue weighted by Crippen LogP contribution is 2.35. The van der Waals surface area contributed by atoms with E-state index in [-0.39, 0.29) is 29.9 Å². The molecule has 1 aromatic heterocycles. The highest BCUT2D eigenvalue weighted by molar-refractivity contribution is 5.82. The number of aromatic nitrogens is 2. The zero-order valence-corrected chi connectivity index (χ0v) is 16.7. The summed E-state index contributed by atoms with van der Waals surface area (Å²) in [6.07, 6.45) is 1.62. The van der Waals surface area contributed by atoms with Gasteiger partial charge in [-0.2, -0.15) is 5.10 Å². The summed E-state index contributed by atoms with van der Waals surface area (Å²) >= 11 is 0. The summed E-state index contributed by atoms with van der Waals surface area (Å²) in [5.74, 6) is -1.29. The first-order chi connectivity index (χ1) is 14.9. The molecule has 1 saturated heterocycles. The average Bonchev–Trinajstić information content (AvgIpc) is 3.15. The average molecular weight is 423 g/mol. The van der Waals surface area contributed by atoms with Crippen LogP contribution in [-0.4, -0.2) is 46.8 Å². The Hall–Kier alpha value is -3.77. The van der Waals surface area contributed by atoms with Crippen LogP contribution >= 0.6 is 0 Å². The van der Waals surface area contributed by atoms with Crippen molar-refractivity contribution >= 4 is 11.6 Å². The van der Waals surface area contributed by atoms with E-state index < -0.39 is 11.6 Å². The topological polar surface area (TPSA) is 77.7 Å². The van der Waals surface area contributed by atoms with E-state index in [4.69, 9.17) is 17.0 Å². The third-order valence-corrected chi connectivity index (χ3v) is 5.13. The van der Waals surface area contributed by atoms with E-state index in [1.54, 1.807) is 23.2 Å². The normalized spacial score (nSPS) is 13.6. The van der Waals surface area contributed by atoms with E-state index in [1.165, 1.54) is 36.1 Å². The number of benzene rings is 2. The number of methoxy groups -OCH3 is 1. The molecule has 2 N–H and O–H groups in total. The van der Waals surface area contributed by atoms with Gasteiger partial charge in [0.05, 0.1) is 13.7 Å². The van der Waals surface area contributed by atoms with Crippen molar-refractivity contribution in [1.82, 2.24) is 14.7 Å². The summed E-state index contributed by atoms with van der Waals surface area (Å²) < 4.78 is 35.0. The Morgan fingerprint density at radius 3 is 2.55 bits per heavy atom. The van der Waals surface area contributed by atoms with Crippen LogP contribution in [-0.2, 0) is 11.3 Å². The van der Waals surface area contributed by atoms with Gasteiger partial charge in [-0.25, -0.2) is 13.6 Å². The van der Waals surface area contributed by atoms with Crippen molar-refractivity contribution in [2.75, 3.05) is 20.2 Å². The summed E-state index contributed by atoms with van der Waals surface area (Å²) in [5, 5.41) is 4.47. The maximum absolute atomic E-state index is 14.3. The van der Waals surface area contributed by atoms with Crippen molar-refractivity contribution in [2.45, 2.75) is 12.6 Å². The van der Waals surface area contributed by atoms with Gasteiger partial charge in [-0.05, 0) is 23.8 Å². The molecule has 0 unspecified atom stereocenters. The van der Waals surface area contributed by atoms with Gasteiger partial charge in [0.15, 0.2) is 11.6 Å². The van der Waals surface area contributed by atoms with Crippen molar-refractivity contribution in [2.24, 2.45) is 5.73 Å². The van der Waals surface area contributed by atoms with Gasteiger partial charge in [0.25, 0.3) is 0 Å². The molecule has 2 heterocycles. The van der Waals surface area contributed by atoms with Crippen LogP contribution < -0.4 is 10.5 Å². The van der Waals surface area contributed by atoms with Gasteiger partial charge in [0.1, 0.15) is 18.1 Å². The number of rotatable bonds is 5. The number of carbonyl (C=O) groups is 1. The summed E-state index contributed by atoms with van der Waals surface area (Å²) in [6.45, 7) is 7.98. The van der Waals surface area contributed by atoms with E-state index in [0.717, 1.165) is 0 Å². The predicted molar refractivity (Wildman–Crippen MR) is 110 cm³/mol. The Balaban J connectivity index is 1.75. The van der Waals surface area contributed by atoms with E-state index in [1.807, 2.05) is 0 Å². The fourth-order valence-electron chi connectivity index (χ4n) is 3.46. The Morgan fingerprint density at radius 2 is 1.94 bits per heavy atom. The van der Waals surface area contributed by atoms with Crippen LogP contribution in [0.4, 0.5) is 14.5 Å². The quantitative estimate of drug-likeness (QED) is 0.640. The molecule has 4 rings (SSSR count). The number of nitrogens with zero attached hydrogens (tertiary/aromatic N) is 4. The van der Waals surface area contributed by atoms with Gasteiger partial charge < -0.3 is 15.4 Å². The molecule has 0 saturated carbocycles. The third-order valence-electron chi connectivity index (χ3n) is 5.13. The first kappa shape index (κ1) is 20.5. The lowest BCUT2D eigenvalue weighted by Crippen LogP contribution is -2.58. The molecule has 0 atom stereocenters. The van der Waals surface area contributed by atoms with E-state index in [2.05, 4.69) is 9.94 Å². The van der Waals surface area contributed by atoms with Gasteiger partial charge in [-0.1, -0.05) is 18.2 Å². The standard InChI is InChI=1S/C22H19F2N5O2/c1-26-19-5-3-14(8-17(19)23)22-16(13-4-6-20(31-2)18(24)7-13)11-29(27-22)12-21(30)28-9-15(25)10-28/h3-8,11,15H,9-10,12,25H2,2H3. The molecule has 1 fully saturated rings. The molecule has 31 heavy (non-hydrogen) atoms. The molecule has 9 heteroatoms. The predicted octanol–water partition coefficient (Wildman–Crippen LogP) is 3.22. The van der Waals surface area contributed by atoms with Crippen molar-refractivity contribution < 1.29 is 18.3 Å². The summed E-state index contributed by atoms with van der Waals surface area (Å²) in [6, 6.07) is 8.57. The third kappa shape index (κ3) is 3.98. The van der Waals surface area contributed by atoms with Crippen LogP contribution in [0.2, 0.25) is 0 Å². The number of carbonyl (C=O) groups excluding carboxylic acids is 1. The van der Waals surface area contributed by atoms with Crippen LogP contribution in [0, 0.1) is 18.2 Å². The second-order valence-corrected chi connectivity index (χ2v) is 7.28. The maximum Gasteiger partial charge on any atom is 0.244 e. The molecule has 0 spiro atoms. The zero-order chi connectivity index (χ0) is 22.1. The lowest BCUT2D eigenvalue weighted by Gasteiger charge is -2.36. The minimum Gasteiger partial charge on any atom is -0.494 e. The molecule has 1 aliphatic rings. The van der Waals surface area contributed by atoms with Crippen molar-refractivity contribution in [1.29, 1.82) is 0 Å². The highest BCUT2D eigenvalue weighted by Gasteiger charge is 2.28. The minimum atomic E-state index is -0.681. The summed E-state index contributed by atoms with van der Waals surface area (Å²) in [5.41, 5.74) is 7.42. The molecular weight excluding hydrogens is 404 g/mol. The second-order valence-electron chi connectivity index (χ2n) is 7.28. The largest absolute Gasteiger partial charge is 0.494 e. The van der Waals surface area contributed by atoms with Gasteiger partial charge >= 0.3 is 0 Å². The molecule has 0 radical (unpaired) electrons. The molecule has 3 aromatic rings. The molecule has 0 bridgehead atoms. The van der Waals surface area contributed by atoms with E-state index in [0.29, 0.717) is 35.5 Å². The lowest BCUT2D eigenvalue weighted by atomic mass is 10.0. The fraction of sp³-hybridized carbons (Fsp3) is 0.227. The Morgan fingerprint density at radius 1 is 1.23 bits per heavy atom. The highest BCUT2D eigenvalue weighted by atomic mass is 19.1. The van der Waals surface area contributed by atoms with Crippen LogP contribution in [0.5, 0.6) is 5.75 Å². The number of hydrogen-bond acceptors (Lipinski definition) is 4. The van der Waals surface area contributed by atoms with Crippen molar-refractivity contribution in [3.63, 3.8) is 0 Å². The number of halogens is 2. The number of nitrogens with two attached hydrogens (primary N) is 1. The zero-order valence-electron chi connectivity index (χ0n) is 16.7. The monoisotopic (exact) mass is 423 g/mol. The molecule has 7 nitrogen and oxygen atoms in total. The van der Waals surface area contributed by atoms with Crippen LogP contribution in [0.25, 0.3) is 27.2 Å². The van der Waals surface area contributed by atoms with Crippen LogP contribution in [0.15, 0.2) is 42.6 Å². The molecule has 2 aromatic carbocycles. The summed E-state index contributed by atoms with van der Waals surface area (Å²) in [7, 11) is 1.37. The fourth-order valence-corrected chi connectivity index (χ4v) is 3.46. The van der Waals surface area contributed by atoms with Crippen molar-refractivity contribution in [3.8, 4) is 28.1 Å². The molecule has 1 aliphatic heterocycles. The van der Waals surface area contributed by atoms with Crippen LogP contribution in [0.1, 0.15) is 0 Å². The second kappa shape index (κ2) is 8.16. The molecule has 158 valence electrons. The van der Waals surface area contributed by atoms with Gasteiger partial charge in [-0.3, -0.25) is 9.48 Å². The molecule has 0 aliphatic carbocycles. The van der Waals surface area contributed by atoms with Gasteiger partial charge in [0, 0.05) is 36.5 Å². The van der Waals surface area contributed by atoms with E-state index in [9.17, 15) is 13.6 Å². The number of hydrogen-bond donors (Lipinski definition) is 1. The first-order valence-electron chi connectivity index (χ1n) is 9.51. The van der Waals surface area contributed by atoms with Crippen molar-refractivity contribution in [3.05, 3.63) is 65.6 Å². The summed E-state index contributed by atoms with van der Waals surface area (Å²) in [4.78, 5) is 17.2. The van der Waals surface area contributed by atoms with Gasteiger partial charge in [0.2, 0.25) is 11.6 Å². The number of ether oxygens (including phenoxy) is 1. The van der Waals surface area contributed by atoms with Crippen LogP contribution in [0.3, 0.4) is 0 Å². The number of amides is 1. The Bertz CT molecular complexity index is 1200. The lowest BCUT2D eigenvalue weighted by molar-refractivity contribution is -0.136. The smallest absolute Gasteiger partial charge is 0.244 e. The number of likely N-dealkylation sites (tertiary alicyclic amines) is 1. The Kier molecular flexibility index (Phi) is 5.40. The molecule has 1 amide bonds. The van der Waals surface area contributed by atoms with E-state index >= 15 is 0 Å². The van der Waals surface area contributed by atoms with Gasteiger partial charge in [-0.15, -0.1) is 0 Å². The molecular formula is C22H19F2N5O2. The SMILES string of the molecule is [C-]#[N+]c1ccc(-c2nn(CC(=O)N3CC(N)C3)cc2-c2ccc(OC)c(F)c2)cc1F.